The zero-order valence-electron chi connectivity index (χ0n) is 12.9. The molecule has 112 valence electrons. The van der Waals surface area contributed by atoms with Crippen LogP contribution < -0.4 is 11.3 Å². The van der Waals surface area contributed by atoms with Crippen LogP contribution in [0.15, 0.2) is 24.3 Å². The molecule has 0 aromatic heterocycles. The van der Waals surface area contributed by atoms with Crippen LogP contribution in [0.4, 0.5) is 0 Å². The molecule has 2 atom stereocenters. The molecule has 1 aliphatic rings. The topological polar surface area (TPSA) is 50.5 Å². The van der Waals surface area contributed by atoms with Crippen molar-refractivity contribution < 1.29 is 4.74 Å². The van der Waals surface area contributed by atoms with E-state index in [-0.39, 0.29) is 11.6 Å². The molecule has 1 fully saturated rings. The molecule has 0 aliphatic carbocycles. The summed E-state index contributed by atoms with van der Waals surface area (Å²) in [4.78, 5) is 2.50. The summed E-state index contributed by atoms with van der Waals surface area (Å²) < 4.78 is 5.48. The smallest absolute Gasteiger partial charge is 0.0641 e. The first-order valence-corrected chi connectivity index (χ1v) is 7.47. The van der Waals surface area contributed by atoms with E-state index in [1.54, 1.807) is 0 Å². The Kier molecular flexibility index (Phi) is 5.16. The van der Waals surface area contributed by atoms with Gasteiger partial charge in [-0.3, -0.25) is 16.2 Å². The first kappa shape index (κ1) is 15.4. The molecule has 1 heterocycles. The molecule has 4 heteroatoms. The summed E-state index contributed by atoms with van der Waals surface area (Å²) in [6.07, 6.45) is 1.04. The summed E-state index contributed by atoms with van der Waals surface area (Å²) >= 11 is 0. The normalized spacial score (nSPS) is 21.4. The van der Waals surface area contributed by atoms with Crippen LogP contribution in [0, 0.1) is 6.92 Å². The fourth-order valence-electron chi connectivity index (χ4n) is 3.08. The molecule has 1 aliphatic heterocycles. The zero-order chi connectivity index (χ0) is 14.6. The van der Waals surface area contributed by atoms with Crippen molar-refractivity contribution in [3.05, 3.63) is 35.4 Å². The number of rotatable bonds is 5. The van der Waals surface area contributed by atoms with Crippen LogP contribution in [0.1, 0.15) is 37.4 Å². The minimum Gasteiger partial charge on any atom is -0.379 e. The third kappa shape index (κ3) is 3.04. The predicted octanol–water partition coefficient (Wildman–Crippen LogP) is 2.00. The summed E-state index contributed by atoms with van der Waals surface area (Å²) in [5.41, 5.74) is 5.55. The highest BCUT2D eigenvalue weighted by molar-refractivity contribution is 5.27. The predicted molar refractivity (Wildman–Crippen MR) is 82.3 cm³/mol. The van der Waals surface area contributed by atoms with Gasteiger partial charge in [0.1, 0.15) is 0 Å². The summed E-state index contributed by atoms with van der Waals surface area (Å²) in [5, 5.41) is 0. The van der Waals surface area contributed by atoms with Crippen molar-refractivity contribution in [3.8, 4) is 0 Å². The largest absolute Gasteiger partial charge is 0.379 e. The van der Waals surface area contributed by atoms with E-state index >= 15 is 0 Å². The van der Waals surface area contributed by atoms with E-state index < -0.39 is 0 Å². The van der Waals surface area contributed by atoms with Crippen molar-refractivity contribution in [2.75, 3.05) is 26.3 Å². The first-order chi connectivity index (χ1) is 9.61. The molecule has 3 N–H and O–H groups in total. The van der Waals surface area contributed by atoms with Gasteiger partial charge in [-0.25, -0.2) is 0 Å². The van der Waals surface area contributed by atoms with Gasteiger partial charge in [-0.2, -0.15) is 0 Å². The Morgan fingerprint density at radius 3 is 2.40 bits per heavy atom. The molecule has 1 aromatic rings. The van der Waals surface area contributed by atoms with E-state index in [0.29, 0.717) is 0 Å². The summed E-state index contributed by atoms with van der Waals surface area (Å²) in [7, 11) is 0. The minimum absolute atomic E-state index is 0.00616. The van der Waals surface area contributed by atoms with Gasteiger partial charge in [0.2, 0.25) is 0 Å². The maximum absolute atomic E-state index is 5.90. The molecule has 2 unspecified atom stereocenters. The number of morpholine rings is 1. The molecule has 0 spiro atoms. The van der Waals surface area contributed by atoms with Crippen LogP contribution in [-0.4, -0.2) is 36.7 Å². The van der Waals surface area contributed by atoms with E-state index in [9.17, 15) is 0 Å². The highest BCUT2D eigenvalue weighted by Crippen LogP contribution is 2.34. The molecule has 1 saturated heterocycles. The molecule has 4 nitrogen and oxygen atoms in total. The Hall–Kier alpha value is -0.940. The fourth-order valence-corrected chi connectivity index (χ4v) is 3.08. The quantitative estimate of drug-likeness (QED) is 0.638. The standard InChI is InChI=1S/C16H27N3O/c1-4-16(3,19-9-11-20-12-10-19)15(18-17)14-7-5-13(2)6-8-14/h5-8,15,18H,4,9-12,17H2,1-3H3. The Morgan fingerprint density at radius 2 is 1.90 bits per heavy atom. The second-order valence-electron chi connectivity index (χ2n) is 5.82. The lowest BCUT2D eigenvalue weighted by molar-refractivity contribution is -0.0329. The summed E-state index contributed by atoms with van der Waals surface area (Å²) in [6.45, 7) is 10.2. The maximum Gasteiger partial charge on any atom is 0.0641 e. The molecule has 0 bridgehead atoms. The number of hydrazine groups is 1. The van der Waals surface area contributed by atoms with Crippen molar-refractivity contribution in [3.63, 3.8) is 0 Å². The van der Waals surface area contributed by atoms with Crippen LogP contribution in [0.3, 0.4) is 0 Å². The molecule has 0 radical (unpaired) electrons. The van der Waals surface area contributed by atoms with E-state index in [1.807, 2.05) is 0 Å². The number of aryl methyl sites for hydroxylation is 1. The van der Waals surface area contributed by atoms with E-state index in [2.05, 4.69) is 55.4 Å². The molecule has 20 heavy (non-hydrogen) atoms. The molecule has 0 amide bonds. The van der Waals surface area contributed by atoms with Crippen molar-refractivity contribution in [2.24, 2.45) is 5.84 Å². The Morgan fingerprint density at radius 1 is 1.30 bits per heavy atom. The highest BCUT2D eigenvalue weighted by atomic mass is 16.5. The van der Waals surface area contributed by atoms with Gasteiger partial charge in [0.05, 0.1) is 19.3 Å². The summed E-state index contributed by atoms with van der Waals surface area (Å²) in [5.74, 6) is 5.90. The average molecular weight is 277 g/mol. The van der Waals surface area contributed by atoms with Crippen LogP contribution in [0.25, 0.3) is 0 Å². The lowest BCUT2D eigenvalue weighted by Crippen LogP contribution is -2.58. The van der Waals surface area contributed by atoms with Gasteiger partial charge >= 0.3 is 0 Å². The molecule has 1 aromatic carbocycles. The van der Waals surface area contributed by atoms with E-state index in [4.69, 9.17) is 10.6 Å². The number of nitrogens with one attached hydrogen (secondary N) is 1. The molecular formula is C16H27N3O. The number of hydrogen-bond donors (Lipinski definition) is 2. The van der Waals surface area contributed by atoms with Crippen molar-refractivity contribution in [1.29, 1.82) is 0 Å². The number of nitrogens with two attached hydrogens (primary N) is 1. The van der Waals surface area contributed by atoms with E-state index in [1.165, 1.54) is 11.1 Å². The van der Waals surface area contributed by atoms with Gasteiger partial charge < -0.3 is 4.74 Å². The van der Waals surface area contributed by atoms with Crippen LogP contribution in [0.2, 0.25) is 0 Å². The van der Waals surface area contributed by atoms with Gasteiger partial charge in [-0.15, -0.1) is 0 Å². The maximum atomic E-state index is 5.90. The average Bonchev–Trinajstić information content (AvgIpc) is 2.50. The van der Waals surface area contributed by atoms with E-state index in [0.717, 1.165) is 32.7 Å². The number of nitrogens with zero attached hydrogens (tertiary/aromatic N) is 1. The van der Waals surface area contributed by atoms with Gasteiger partial charge in [0.25, 0.3) is 0 Å². The third-order valence-electron chi connectivity index (χ3n) is 4.65. The molecule has 2 rings (SSSR count). The van der Waals surface area contributed by atoms with Crippen LogP contribution in [0.5, 0.6) is 0 Å². The number of hydrogen-bond acceptors (Lipinski definition) is 4. The second kappa shape index (κ2) is 6.68. The van der Waals surface area contributed by atoms with Crippen LogP contribution >= 0.6 is 0 Å². The van der Waals surface area contributed by atoms with Crippen molar-refractivity contribution >= 4 is 0 Å². The molecule has 0 saturated carbocycles. The van der Waals surface area contributed by atoms with Gasteiger partial charge in [0, 0.05) is 18.6 Å². The number of benzene rings is 1. The lowest BCUT2D eigenvalue weighted by Gasteiger charge is -2.47. The van der Waals surface area contributed by atoms with Crippen molar-refractivity contribution in [2.45, 2.75) is 38.8 Å². The Labute approximate surface area is 122 Å². The Bertz CT molecular complexity index is 414. The SMILES string of the molecule is CCC(C)(C(NN)c1ccc(C)cc1)N1CCOCC1. The summed E-state index contributed by atoms with van der Waals surface area (Å²) in [6, 6.07) is 8.76. The first-order valence-electron chi connectivity index (χ1n) is 7.47. The lowest BCUT2D eigenvalue weighted by atomic mass is 9.82. The Balaban J connectivity index is 2.27. The zero-order valence-corrected chi connectivity index (χ0v) is 12.9. The van der Waals surface area contributed by atoms with Gasteiger partial charge in [0.15, 0.2) is 0 Å². The van der Waals surface area contributed by atoms with Crippen molar-refractivity contribution in [1.82, 2.24) is 10.3 Å². The van der Waals surface area contributed by atoms with Gasteiger partial charge in [-0.05, 0) is 25.8 Å². The number of ether oxygens (including phenoxy) is 1. The van der Waals surface area contributed by atoms with Gasteiger partial charge in [-0.1, -0.05) is 36.8 Å². The third-order valence-corrected chi connectivity index (χ3v) is 4.65. The highest BCUT2D eigenvalue weighted by Gasteiger charge is 2.39. The van der Waals surface area contributed by atoms with Crippen LogP contribution in [-0.2, 0) is 4.74 Å². The molecular weight excluding hydrogens is 250 g/mol. The second-order valence-corrected chi connectivity index (χ2v) is 5.82. The fraction of sp³-hybridized carbons (Fsp3) is 0.625. The monoisotopic (exact) mass is 277 g/mol. The minimum atomic E-state index is -0.00616.